The summed E-state index contributed by atoms with van der Waals surface area (Å²) in [6.07, 6.45) is 6.28. The van der Waals surface area contributed by atoms with E-state index in [0.717, 1.165) is 48.2 Å². The first-order valence-electron chi connectivity index (χ1n) is 12.6. The van der Waals surface area contributed by atoms with Gasteiger partial charge in [-0.15, -0.1) is 11.3 Å². The molecule has 0 bridgehead atoms. The van der Waals surface area contributed by atoms with E-state index in [0.29, 0.717) is 30.5 Å². The number of nitrogens with one attached hydrogen (secondary N) is 1. The molecule has 2 atom stereocenters. The molecule has 36 heavy (non-hydrogen) atoms. The number of pyridine rings is 2. The molecule has 5 heterocycles. The summed E-state index contributed by atoms with van der Waals surface area (Å²) in [5.74, 6) is 0.679. The lowest BCUT2D eigenvalue weighted by molar-refractivity contribution is -0.131. The Morgan fingerprint density at radius 2 is 2.14 bits per heavy atom. The van der Waals surface area contributed by atoms with Gasteiger partial charge in [0.2, 0.25) is 11.8 Å². The van der Waals surface area contributed by atoms with Crippen LogP contribution in [0.2, 0.25) is 0 Å². The van der Waals surface area contributed by atoms with Gasteiger partial charge in [0.15, 0.2) is 0 Å². The maximum atomic E-state index is 14.4. The molecule has 2 aliphatic heterocycles. The van der Waals surface area contributed by atoms with Crippen molar-refractivity contribution in [2.45, 2.75) is 63.3 Å². The number of aromatic nitrogens is 3. The molecule has 0 aromatic carbocycles. The number of thiazole rings is 1. The molecule has 0 unspecified atom stereocenters. The zero-order valence-corrected chi connectivity index (χ0v) is 21.6. The lowest BCUT2D eigenvalue weighted by Gasteiger charge is -2.36. The van der Waals surface area contributed by atoms with Crippen LogP contribution in [0, 0.1) is 12.7 Å². The zero-order valence-electron chi connectivity index (χ0n) is 20.8. The highest BCUT2D eigenvalue weighted by atomic mass is 32.1. The maximum Gasteiger partial charge on any atom is 0.230 e. The predicted molar refractivity (Wildman–Crippen MR) is 137 cm³/mol. The molecular formula is C27H30FN5O2S. The summed E-state index contributed by atoms with van der Waals surface area (Å²) >= 11 is 1.76. The number of carbonyl (C=O) groups is 1. The highest BCUT2D eigenvalue weighted by Gasteiger charge is 2.43. The van der Waals surface area contributed by atoms with E-state index in [1.807, 2.05) is 11.8 Å². The molecule has 3 aromatic heterocycles. The Labute approximate surface area is 214 Å². The fourth-order valence-electron chi connectivity index (χ4n) is 5.47. The first kappa shape index (κ1) is 23.3. The number of aryl methyl sites for hydroxylation is 2. The van der Waals surface area contributed by atoms with E-state index in [9.17, 15) is 9.18 Å². The molecule has 6 rings (SSSR count). The Morgan fingerprint density at radius 3 is 2.92 bits per heavy atom. The topological polar surface area (TPSA) is 80.2 Å². The van der Waals surface area contributed by atoms with Crippen LogP contribution in [0.4, 0.5) is 10.2 Å². The number of nitrogens with zero attached hydrogens (tertiary/aromatic N) is 4. The van der Waals surface area contributed by atoms with Gasteiger partial charge in [-0.05, 0) is 57.6 Å². The van der Waals surface area contributed by atoms with Gasteiger partial charge in [0, 0.05) is 47.3 Å². The SMILES string of the molecule is COc1cc([C@@H](C)C(=O)N2CC[C@@]3(CCc4cc(-c5csc(C6CC6)n5)c(C)nc4N3)C2)c(F)cn1. The molecule has 9 heteroatoms. The number of fused-ring (bicyclic) bond motifs is 1. The number of likely N-dealkylation sites (tertiary alicyclic amines) is 1. The first-order valence-corrected chi connectivity index (χ1v) is 13.5. The molecule has 2 fully saturated rings. The number of hydrogen-bond acceptors (Lipinski definition) is 7. The van der Waals surface area contributed by atoms with Gasteiger partial charge in [0.1, 0.15) is 11.6 Å². The van der Waals surface area contributed by atoms with E-state index in [1.54, 1.807) is 18.3 Å². The van der Waals surface area contributed by atoms with Crippen molar-refractivity contribution in [1.82, 2.24) is 19.9 Å². The van der Waals surface area contributed by atoms with Crippen molar-refractivity contribution in [3.8, 4) is 17.1 Å². The van der Waals surface area contributed by atoms with Gasteiger partial charge >= 0.3 is 0 Å². The van der Waals surface area contributed by atoms with Crippen LogP contribution < -0.4 is 10.1 Å². The van der Waals surface area contributed by atoms with Crippen molar-refractivity contribution in [3.63, 3.8) is 0 Å². The molecule has 1 saturated heterocycles. The molecule has 1 spiro atoms. The summed E-state index contributed by atoms with van der Waals surface area (Å²) in [5, 5.41) is 7.09. The van der Waals surface area contributed by atoms with E-state index in [4.69, 9.17) is 14.7 Å². The molecule has 0 radical (unpaired) electrons. The Morgan fingerprint density at radius 1 is 1.31 bits per heavy atom. The third kappa shape index (κ3) is 4.13. The van der Waals surface area contributed by atoms with Crippen LogP contribution in [0.1, 0.15) is 66.3 Å². The van der Waals surface area contributed by atoms with Gasteiger partial charge in [0.05, 0.1) is 35.5 Å². The van der Waals surface area contributed by atoms with E-state index in [-0.39, 0.29) is 11.4 Å². The number of anilines is 1. The molecule has 3 aromatic rings. The van der Waals surface area contributed by atoms with Crippen LogP contribution in [0.5, 0.6) is 5.88 Å². The Kier molecular flexibility index (Phi) is 5.70. The largest absolute Gasteiger partial charge is 0.481 e. The standard InChI is InChI=1S/C27H30FN5O2S/c1-15(19-11-23(35-3)29-12-21(19)28)26(34)33-9-8-27(14-33)7-6-18-10-20(16(2)30-24(18)32-27)22-13-36-25(31-22)17-4-5-17/h10-13,15,17H,4-9,14H2,1-3H3,(H,30,32)/t15-,27+/m1/s1. The van der Waals surface area contributed by atoms with Crippen LogP contribution in [-0.2, 0) is 11.2 Å². The van der Waals surface area contributed by atoms with Crippen molar-refractivity contribution in [2.75, 3.05) is 25.5 Å². The van der Waals surface area contributed by atoms with Crippen LogP contribution in [0.15, 0.2) is 23.7 Å². The van der Waals surface area contributed by atoms with Crippen LogP contribution >= 0.6 is 11.3 Å². The van der Waals surface area contributed by atoms with Gasteiger partial charge in [-0.3, -0.25) is 4.79 Å². The number of ether oxygens (including phenoxy) is 1. The minimum atomic E-state index is -0.616. The smallest absolute Gasteiger partial charge is 0.230 e. The third-order valence-electron chi connectivity index (χ3n) is 7.84. The number of methoxy groups -OCH3 is 1. The number of rotatable bonds is 5. The van der Waals surface area contributed by atoms with Gasteiger partial charge < -0.3 is 15.0 Å². The second kappa shape index (κ2) is 8.80. The monoisotopic (exact) mass is 507 g/mol. The molecular weight excluding hydrogens is 477 g/mol. The van der Waals surface area contributed by atoms with Crippen molar-refractivity contribution >= 4 is 23.1 Å². The normalized spacial score (nSPS) is 21.8. The molecule has 3 aliphatic rings. The fraction of sp³-hybridized carbons (Fsp3) is 0.481. The maximum absolute atomic E-state index is 14.4. The second-order valence-corrected chi connectivity index (χ2v) is 11.2. The minimum Gasteiger partial charge on any atom is -0.481 e. The van der Waals surface area contributed by atoms with Crippen LogP contribution in [0.25, 0.3) is 11.3 Å². The first-order chi connectivity index (χ1) is 17.4. The molecule has 1 N–H and O–H groups in total. The van der Waals surface area contributed by atoms with Gasteiger partial charge in [-0.1, -0.05) is 0 Å². The van der Waals surface area contributed by atoms with Crippen molar-refractivity contribution < 1.29 is 13.9 Å². The van der Waals surface area contributed by atoms with E-state index in [1.165, 1.54) is 36.6 Å². The van der Waals surface area contributed by atoms with Gasteiger partial charge in [-0.2, -0.15) is 0 Å². The van der Waals surface area contributed by atoms with Crippen molar-refractivity contribution in [1.29, 1.82) is 0 Å². The third-order valence-corrected chi connectivity index (χ3v) is 8.85. The van der Waals surface area contributed by atoms with E-state index >= 15 is 0 Å². The molecule has 1 amide bonds. The highest BCUT2D eigenvalue weighted by Crippen LogP contribution is 2.43. The number of amides is 1. The molecule has 1 aliphatic carbocycles. The predicted octanol–water partition coefficient (Wildman–Crippen LogP) is 5.07. The fourth-order valence-corrected chi connectivity index (χ4v) is 6.46. The summed E-state index contributed by atoms with van der Waals surface area (Å²) in [5.41, 5.74) is 4.41. The van der Waals surface area contributed by atoms with Crippen molar-refractivity contribution in [3.05, 3.63) is 51.4 Å². The van der Waals surface area contributed by atoms with Gasteiger partial charge in [0.25, 0.3) is 0 Å². The Balaban J connectivity index is 1.18. The highest BCUT2D eigenvalue weighted by molar-refractivity contribution is 7.10. The second-order valence-electron chi connectivity index (χ2n) is 10.4. The number of halogens is 1. The lowest BCUT2D eigenvalue weighted by atomic mass is 9.86. The molecule has 188 valence electrons. The van der Waals surface area contributed by atoms with Crippen molar-refractivity contribution in [2.24, 2.45) is 0 Å². The quantitative estimate of drug-likeness (QED) is 0.520. The summed E-state index contributed by atoms with van der Waals surface area (Å²) in [6, 6.07) is 3.75. The average molecular weight is 508 g/mol. The minimum absolute atomic E-state index is 0.0823. The summed E-state index contributed by atoms with van der Waals surface area (Å²) < 4.78 is 19.6. The van der Waals surface area contributed by atoms with Crippen LogP contribution in [-0.4, -0.2) is 51.5 Å². The summed E-state index contributed by atoms with van der Waals surface area (Å²) in [4.78, 5) is 28.9. The van der Waals surface area contributed by atoms with E-state index < -0.39 is 11.7 Å². The Bertz CT molecular complexity index is 1340. The lowest BCUT2D eigenvalue weighted by Crippen LogP contribution is -2.46. The average Bonchev–Trinajstić information content (AvgIpc) is 3.48. The zero-order chi connectivity index (χ0) is 25.0. The Hall–Kier alpha value is -3.07. The van der Waals surface area contributed by atoms with Gasteiger partial charge in [-0.25, -0.2) is 19.3 Å². The number of hydrogen-bond donors (Lipinski definition) is 1. The van der Waals surface area contributed by atoms with Crippen LogP contribution in [0.3, 0.4) is 0 Å². The molecule has 7 nitrogen and oxygen atoms in total. The summed E-state index contributed by atoms with van der Waals surface area (Å²) in [7, 11) is 1.48. The molecule has 1 saturated carbocycles. The number of carbonyl (C=O) groups excluding carboxylic acids is 1. The summed E-state index contributed by atoms with van der Waals surface area (Å²) in [6.45, 7) is 5.00. The van der Waals surface area contributed by atoms with E-state index in [2.05, 4.69) is 21.7 Å².